The maximum Gasteiger partial charge on any atom is 0.435 e. The van der Waals surface area contributed by atoms with E-state index in [9.17, 15) is 23.2 Å². The van der Waals surface area contributed by atoms with Crippen LogP contribution in [-0.2, 0) is 24.1 Å². The fraction of sp³-hybridized carbons (Fsp3) is 0.414. The first-order chi connectivity index (χ1) is 18.4. The second-order valence-corrected chi connectivity index (χ2v) is 11.4. The molecule has 0 spiro atoms. The fourth-order valence-electron chi connectivity index (χ4n) is 5.22. The molecular weight excluding hydrogens is 523 g/mol. The van der Waals surface area contributed by atoms with Crippen molar-refractivity contribution in [3.05, 3.63) is 75.3 Å². The number of carbonyl (C=O) groups is 1. The Balaban J connectivity index is 1.79. The van der Waals surface area contributed by atoms with Gasteiger partial charge in [0.2, 0.25) is 5.91 Å². The highest BCUT2D eigenvalue weighted by Crippen LogP contribution is 2.44. The molecular formula is C29H32F3N5OS. The van der Waals surface area contributed by atoms with Gasteiger partial charge in [-0.2, -0.15) is 23.5 Å². The molecule has 1 amide bonds. The van der Waals surface area contributed by atoms with Crippen LogP contribution in [0.15, 0.2) is 48.7 Å². The predicted molar refractivity (Wildman–Crippen MR) is 146 cm³/mol. The SMILES string of the molecule is CCn1cc(-c2ccccc2[C@@H]2CN(C(=O)/C=C/C(C(C)C)N(C)C)Cc3sc(C#N)cc32)c(C(F)(F)F)n1. The number of aromatic nitrogens is 2. The summed E-state index contributed by atoms with van der Waals surface area (Å²) < 4.78 is 43.3. The average molecular weight is 556 g/mol. The Morgan fingerprint density at radius 2 is 1.97 bits per heavy atom. The van der Waals surface area contributed by atoms with E-state index in [1.165, 1.54) is 22.2 Å². The molecule has 10 heteroatoms. The molecule has 2 atom stereocenters. The molecule has 0 fully saturated rings. The van der Waals surface area contributed by atoms with Gasteiger partial charge < -0.3 is 9.80 Å². The molecule has 0 saturated heterocycles. The third kappa shape index (κ3) is 5.94. The van der Waals surface area contributed by atoms with Gasteiger partial charge in [0.05, 0.1) is 6.54 Å². The number of alkyl halides is 3. The van der Waals surface area contributed by atoms with Crippen LogP contribution in [-0.4, -0.2) is 52.2 Å². The zero-order valence-electron chi connectivity index (χ0n) is 22.7. The smallest absolute Gasteiger partial charge is 0.333 e. The van der Waals surface area contributed by atoms with Crippen molar-refractivity contribution >= 4 is 17.2 Å². The number of rotatable bonds is 7. The fourth-order valence-corrected chi connectivity index (χ4v) is 6.26. The zero-order valence-corrected chi connectivity index (χ0v) is 23.5. The molecule has 39 heavy (non-hydrogen) atoms. The molecule has 2 aromatic heterocycles. The van der Waals surface area contributed by atoms with Crippen LogP contribution in [0.25, 0.3) is 11.1 Å². The number of carbonyl (C=O) groups excluding carboxylic acids is 1. The van der Waals surface area contributed by atoms with Crippen molar-refractivity contribution in [3.63, 3.8) is 0 Å². The number of halogens is 3. The number of nitrogens with zero attached hydrogens (tertiary/aromatic N) is 5. The highest BCUT2D eigenvalue weighted by molar-refractivity contribution is 7.12. The van der Waals surface area contributed by atoms with Gasteiger partial charge in [-0.25, -0.2) is 0 Å². The van der Waals surface area contributed by atoms with Crippen molar-refractivity contribution in [2.45, 2.75) is 52.0 Å². The quantitative estimate of drug-likeness (QED) is 0.329. The average Bonchev–Trinajstić information content (AvgIpc) is 3.52. The summed E-state index contributed by atoms with van der Waals surface area (Å²) in [6.45, 7) is 6.84. The number of hydrogen-bond donors (Lipinski definition) is 0. The summed E-state index contributed by atoms with van der Waals surface area (Å²) in [4.78, 5) is 18.5. The van der Waals surface area contributed by atoms with E-state index < -0.39 is 17.8 Å². The number of aryl methyl sites for hydroxylation is 1. The first kappa shape index (κ1) is 28.6. The summed E-state index contributed by atoms with van der Waals surface area (Å²) in [5.41, 5.74) is 1.03. The molecule has 3 heterocycles. The molecule has 1 aliphatic heterocycles. The Morgan fingerprint density at radius 3 is 2.59 bits per heavy atom. The molecule has 4 rings (SSSR count). The van der Waals surface area contributed by atoms with Crippen LogP contribution in [0.2, 0.25) is 0 Å². The summed E-state index contributed by atoms with van der Waals surface area (Å²) in [5, 5.41) is 13.4. The monoisotopic (exact) mass is 555 g/mol. The first-order valence-corrected chi connectivity index (χ1v) is 13.7. The molecule has 206 valence electrons. The molecule has 0 saturated carbocycles. The van der Waals surface area contributed by atoms with E-state index in [4.69, 9.17) is 0 Å². The van der Waals surface area contributed by atoms with E-state index in [-0.39, 0.29) is 24.1 Å². The second-order valence-electron chi connectivity index (χ2n) is 10.3. The van der Waals surface area contributed by atoms with Gasteiger partial charge in [-0.15, -0.1) is 11.3 Å². The highest BCUT2D eigenvalue weighted by atomic mass is 32.1. The second kappa shape index (κ2) is 11.4. The molecule has 0 N–H and O–H groups in total. The van der Waals surface area contributed by atoms with E-state index in [1.54, 1.807) is 42.2 Å². The molecule has 1 unspecified atom stereocenters. The lowest BCUT2D eigenvalue weighted by Gasteiger charge is -2.34. The van der Waals surface area contributed by atoms with Gasteiger partial charge in [0, 0.05) is 47.8 Å². The van der Waals surface area contributed by atoms with Crippen LogP contribution in [0, 0.1) is 17.2 Å². The Morgan fingerprint density at radius 1 is 1.26 bits per heavy atom. The minimum Gasteiger partial charge on any atom is -0.333 e. The standard InChI is InChI=1S/C29H32F3N5OS/c1-6-37-16-24(28(34-37)29(30,31)32)21-10-8-7-9-20(21)23-15-36(17-26-22(23)13-19(14-33)39-26)27(38)12-11-25(18(2)3)35(4)5/h7-13,16,18,23,25H,6,15,17H2,1-5H3/b12-11+/t23-,25?/m0/s1. The van der Waals surface area contributed by atoms with Crippen molar-refractivity contribution in [1.82, 2.24) is 19.6 Å². The predicted octanol–water partition coefficient (Wildman–Crippen LogP) is 6.14. The van der Waals surface area contributed by atoms with Gasteiger partial charge in [-0.3, -0.25) is 9.48 Å². The maximum atomic E-state index is 14.0. The summed E-state index contributed by atoms with van der Waals surface area (Å²) in [7, 11) is 3.93. The van der Waals surface area contributed by atoms with Crippen molar-refractivity contribution in [2.24, 2.45) is 5.92 Å². The van der Waals surface area contributed by atoms with E-state index in [0.29, 0.717) is 35.0 Å². The molecule has 0 bridgehead atoms. The molecule has 1 aliphatic rings. The van der Waals surface area contributed by atoms with Crippen LogP contribution in [0.1, 0.15) is 53.3 Å². The van der Waals surface area contributed by atoms with Gasteiger partial charge in [-0.05, 0) is 49.7 Å². The van der Waals surface area contributed by atoms with Crippen LogP contribution in [0.5, 0.6) is 0 Å². The maximum absolute atomic E-state index is 14.0. The van der Waals surface area contributed by atoms with Gasteiger partial charge >= 0.3 is 6.18 Å². The highest BCUT2D eigenvalue weighted by Gasteiger charge is 2.39. The Hall–Kier alpha value is -3.42. The summed E-state index contributed by atoms with van der Waals surface area (Å²) in [5.74, 6) is -0.266. The van der Waals surface area contributed by atoms with E-state index >= 15 is 0 Å². The van der Waals surface area contributed by atoms with Crippen LogP contribution >= 0.6 is 11.3 Å². The number of nitriles is 1. The lowest BCUT2D eigenvalue weighted by atomic mass is 9.83. The number of amides is 1. The summed E-state index contributed by atoms with van der Waals surface area (Å²) in [6.07, 6.45) is 0.293. The summed E-state index contributed by atoms with van der Waals surface area (Å²) in [6, 6.07) is 11.0. The largest absolute Gasteiger partial charge is 0.435 e. The van der Waals surface area contributed by atoms with Crippen molar-refractivity contribution in [2.75, 3.05) is 20.6 Å². The molecule has 6 nitrogen and oxygen atoms in total. The number of thiophene rings is 1. The lowest BCUT2D eigenvalue weighted by molar-refractivity contribution is -0.141. The minimum absolute atomic E-state index is 0.00587. The van der Waals surface area contributed by atoms with Crippen LogP contribution in [0.3, 0.4) is 0 Å². The number of benzene rings is 1. The number of hydrogen-bond acceptors (Lipinski definition) is 5. The van der Waals surface area contributed by atoms with Gasteiger partial charge in [0.25, 0.3) is 0 Å². The van der Waals surface area contributed by atoms with E-state index in [1.807, 2.05) is 26.2 Å². The zero-order chi connectivity index (χ0) is 28.5. The molecule has 0 radical (unpaired) electrons. The van der Waals surface area contributed by atoms with Crippen molar-refractivity contribution < 1.29 is 18.0 Å². The Kier molecular flexibility index (Phi) is 8.33. The summed E-state index contributed by atoms with van der Waals surface area (Å²) >= 11 is 1.32. The topological polar surface area (TPSA) is 65.2 Å². The molecule has 3 aromatic rings. The molecule has 0 aliphatic carbocycles. The van der Waals surface area contributed by atoms with E-state index in [0.717, 1.165) is 10.4 Å². The lowest BCUT2D eigenvalue weighted by Crippen LogP contribution is -2.38. The van der Waals surface area contributed by atoms with Crippen molar-refractivity contribution in [1.29, 1.82) is 5.26 Å². The third-order valence-corrected chi connectivity index (χ3v) is 8.11. The van der Waals surface area contributed by atoms with Crippen LogP contribution < -0.4 is 0 Å². The minimum atomic E-state index is -4.62. The number of fused-ring (bicyclic) bond motifs is 1. The van der Waals surface area contributed by atoms with Gasteiger partial charge in [0.1, 0.15) is 10.9 Å². The van der Waals surface area contributed by atoms with Crippen molar-refractivity contribution in [3.8, 4) is 17.2 Å². The Bertz CT molecular complexity index is 1400. The molecule has 1 aromatic carbocycles. The normalized spacial score (nSPS) is 16.6. The first-order valence-electron chi connectivity index (χ1n) is 12.8. The Labute approximate surface area is 231 Å². The van der Waals surface area contributed by atoms with E-state index in [2.05, 4.69) is 29.9 Å². The van der Waals surface area contributed by atoms with Crippen LogP contribution in [0.4, 0.5) is 13.2 Å². The number of likely N-dealkylation sites (N-methyl/N-ethyl adjacent to an activating group) is 1. The van der Waals surface area contributed by atoms with Gasteiger partial charge in [-0.1, -0.05) is 44.2 Å². The van der Waals surface area contributed by atoms with Gasteiger partial charge in [0.15, 0.2) is 5.69 Å². The third-order valence-electron chi connectivity index (χ3n) is 7.07.